The fourth-order valence-electron chi connectivity index (χ4n) is 3.03. The number of hydrogen-bond acceptors (Lipinski definition) is 6. The molecule has 2 N–H and O–H groups in total. The van der Waals surface area contributed by atoms with Gasteiger partial charge in [0, 0.05) is 35.9 Å². The van der Waals surface area contributed by atoms with Gasteiger partial charge in [-0.15, -0.1) is 11.3 Å². The van der Waals surface area contributed by atoms with Gasteiger partial charge < -0.3 is 10.2 Å². The Morgan fingerprint density at radius 3 is 3.00 bits per heavy atom. The van der Waals surface area contributed by atoms with Crippen molar-refractivity contribution in [2.45, 2.75) is 33.2 Å². The zero-order valence-electron chi connectivity index (χ0n) is 16.1. The smallest absolute Gasteiger partial charge is 0.341 e. The molecule has 9 heteroatoms. The SMILES string of the molecule is CCONC(=O)N1CCCC(C(=O)NCc2nc(-c3ccc(C)nc3)cs2)C1. The van der Waals surface area contributed by atoms with E-state index in [0.29, 0.717) is 26.2 Å². The summed E-state index contributed by atoms with van der Waals surface area (Å²) >= 11 is 1.51. The molecule has 0 spiro atoms. The normalized spacial score (nSPS) is 16.6. The number of thiazole rings is 1. The molecule has 1 unspecified atom stereocenters. The van der Waals surface area contributed by atoms with Gasteiger partial charge in [0.05, 0.1) is 24.8 Å². The molecule has 3 amide bonds. The van der Waals surface area contributed by atoms with E-state index in [0.717, 1.165) is 34.8 Å². The Morgan fingerprint density at radius 2 is 2.25 bits per heavy atom. The highest BCUT2D eigenvalue weighted by molar-refractivity contribution is 7.09. The molecule has 0 bridgehead atoms. The third kappa shape index (κ3) is 5.26. The summed E-state index contributed by atoms with van der Waals surface area (Å²) in [4.78, 5) is 40.0. The van der Waals surface area contributed by atoms with Crippen LogP contribution in [0.2, 0.25) is 0 Å². The lowest BCUT2D eigenvalue weighted by molar-refractivity contribution is -0.126. The lowest BCUT2D eigenvalue weighted by atomic mass is 9.97. The minimum Gasteiger partial charge on any atom is -0.349 e. The van der Waals surface area contributed by atoms with Crippen LogP contribution in [0.5, 0.6) is 0 Å². The highest BCUT2D eigenvalue weighted by Crippen LogP contribution is 2.22. The van der Waals surface area contributed by atoms with Gasteiger partial charge in [0.1, 0.15) is 5.01 Å². The van der Waals surface area contributed by atoms with E-state index in [1.54, 1.807) is 18.0 Å². The van der Waals surface area contributed by atoms with Gasteiger partial charge in [0.2, 0.25) is 5.91 Å². The molecule has 0 saturated carbocycles. The van der Waals surface area contributed by atoms with E-state index in [-0.39, 0.29) is 17.9 Å². The first-order chi connectivity index (χ1) is 13.6. The molecular weight excluding hydrogens is 378 g/mol. The van der Waals surface area contributed by atoms with E-state index in [1.165, 1.54) is 11.3 Å². The zero-order chi connectivity index (χ0) is 19.9. The highest BCUT2D eigenvalue weighted by Gasteiger charge is 2.28. The first-order valence-corrected chi connectivity index (χ1v) is 10.3. The van der Waals surface area contributed by atoms with Crippen LogP contribution in [0.1, 0.15) is 30.5 Å². The quantitative estimate of drug-likeness (QED) is 0.723. The molecule has 1 saturated heterocycles. The van der Waals surface area contributed by atoms with Crippen LogP contribution in [0.15, 0.2) is 23.7 Å². The fourth-order valence-corrected chi connectivity index (χ4v) is 3.77. The molecule has 1 aliphatic rings. The van der Waals surface area contributed by atoms with Gasteiger partial charge in [0.15, 0.2) is 0 Å². The standard InChI is InChI=1S/C19H25N5O3S/c1-3-27-23-19(26)24-8-4-5-15(11-24)18(25)21-10-17-22-16(12-28-17)14-7-6-13(2)20-9-14/h6-7,9,12,15H,3-5,8,10-11H2,1-2H3,(H,21,25)(H,23,26). The summed E-state index contributed by atoms with van der Waals surface area (Å²) < 4.78 is 0. The molecule has 2 aromatic rings. The second-order valence-corrected chi connectivity index (χ2v) is 7.60. The van der Waals surface area contributed by atoms with E-state index >= 15 is 0 Å². The van der Waals surface area contributed by atoms with Crippen LogP contribution in [-0.4, -0.2) is 46.5 Å². The molecule has 8 nitrogen and oxygen atoms in total. The number of carbonyl (C=O) groups excluding carboxylic acids is 2. The maximum atomic E-state index is 12.5. The summed E-state index contributed by atoms with van der Waals surface area (Å²) in [6, 6.07) is 3.65. The first kappa shape index (κ1) is 20.2. The average Bonchev–Trinajstić information content (AvgIpc) is 3.20. The van der Waals surface area contributed by atoms with Crippen molar-refractivity contribution < 1.29 is 14.4 Å². The number of nitrogens with zero attached hydrogens (tertiary/aromatic N) is 3. The Labute approximate surface area is 168 Å². The number of likely N-dealkylation sites (tertiary alicyclic amines) is 1. The van der Waals surface area contributed by atoms with Crippen molar-refractivity contribution in [3.05, 3.63) is 34.4 Å². The summed E-state index contributed by atoms with van der Waals surface area (Å²) in [6.45, 7) is 5.54. The summed E-state index contributed by atoms with van der Waals surface area (Å²) in [6.07, 6.45) is 3.36. The van der Waals surface area contributed by atoms with E-state index in [4.69, 9.17) is 4.84 Å². The molecule has 28 heavy (non-hydrogen) atoms. The zero-order valence-corrected chi connectivity index (χ0v) is 16.9. The number of aromatic nitrogens is 2. The summed E-state index contributed by atoms with van der Waals surface area (Å²) in [5.74, 6) is -0.274. The Morgan fingerprint density at radius 1 is 1.39 bits per heavy atom. The lowest BCUT2D eigenvalue weighted by Gasteiger charge is -2.31. The van der Waals surface area contributed by atoms with Gasteiger partial charge in [-0.3, -0.25) is 14.6 Å². The van der Waals surface area contributed by atoms with Crippen molar-refractivity contribution in [3.63, 3.8) is 0 Å². The second-order valence-electron chi connectivity index (χ2n) is 6.66. The topological polar surface area (TPSA) is 96.5 Å². The van der Waals surface area contributed by atoms with E-state index < -0.39 is 0 Å². The van der Waals surface area contributed by atoms with E-state index in [9.17, 15) is 9.59 Å². The number of pyridine rings is 1. The van der Waals surface area contributed by atoms with Crippen LogP contribution in [0.25, 0.3) is 11.3 Å². The van der Waals surface area contributed by atoms with Crippen molar-refractivity contribution in [2.24, 2.45) is 5.92 Å². The molecular formula is C19H25N5O3S. The fraction of sp³-hybridized carbons (Fsp3) is 0.474. The molecule has 150 valence electrons. The van der Waals surface area contributed by atoms with E-state index in [1.807, 2.05) is 24.4 Å². The van der Waals surface area contributed by atoms with Gasteiger partial charge in [-0.2, -0.15) is 0 Å². The number of rotatable bonds is 6. The van der Waals surface area contributed by atoms with Crippen LogP contribution >= 0.6 is 11.3 Å². The molecule has 1 atom stereocenters. The van der Waals surface area contributed by atoms with Crippen molar-refractivity contribution in [1.29, 1.82) is 0 Å². The van der Waals surface area contributed by atoms with Gasteiger partial charge >= 0.3 is 6.03 Å². The number of aryl methyl sites for hydroxylation is 1. The molecule has 1 aliphatic heterocycles. The summed E-state index contributed by atoms with van der Waals surface area (Å²) in [7, 11) is 0. The van der Waals surface area contributed by atoms with Crippen LogP contribution in [0, 0.1) is 12.8 Å². The maximum absolute atomic E-state index is 12.5. The van der Waals surface area contributed by atoms with Gasteiger partial charge in [-0.05, 0) is 38.8 Å². The van der Waals surface area contributed by atoms with Crippen LogP contribution in [0.4, 0.5) is 4.79 Å². The Bertz CT molecular complexity index is 808. The summed E-state index contributed by atoms with van der Waals surface area (Å²) in [5, 5.41) is 5.75. The largest absolute Gasteiger partial charge is 0.349 e. The Hall–Kier alpha value is -2.52. The molecule has 3 rings (SSSR count). The molecule has 3 heterocycles. The minimum absolute atomic E-state index is 0.0531. The minimum atomic E-state index is -0.296. The van der Waals surface area contributed by atoms with Crippen molar-refractivity contribution in [3.8, 4) is 11.3 Å². The number of hydroxylamine groups is 1. The average molecular weight is 404 g/mol. The Balaban J connectivity index is 1.51. The van der Waals surface area contributed by atoms with E-state index in [2.05, 4.69) is 20.8 Å². The number of nitrogens with one attached hydrogen (secondary N) is 2. The lowest BCUT2D eigenvalue weighted by Crippen LogP contribution is -2.48. The highest BCUT2D eigenvalue weighted by atomic mass is 32.1. The molecule has 1 fully saturated rings. The van der Waals surface area contributed by atoms with Crippen molar-refractivity contribution >= 4 is 23.3 Å². The molecule has 0 aromatic carbocycles. The number of piperidine rings is 1. The monoisotopic (exact) mass is 403 g/mol. The number of urea groups is 1. The van der Waals surface area contributed by atoms with Gasteiger partial charge in [-0.25, -0.2) is 15.3 Å². The first-order valence-electron chi connectivity index (χ1n) is 9.38. The second kappa shape index (κ2) is 9.61. The Kier molecular flexibility index (Phi) is 6.94. The molecule has 0 aliphatic carbocycles. The number of amides is 3. The molecule has 0 radical (unpaired) electrons. The van der Waals surface area contributed by atoms with Gasteiger partial charge in [0.25, 0.3) is 0 Å². The number of carbonyl (C=O) groups is 2. The van der Waals surface area contributed by atoms with Crippen molar-refractivity contribution in [1.82, 2.24) is 25.7 Å². The van der Waals surface area contributed by atoms with Crippen molar-refractivity contribution in [2.75, 3.05) is 19.7 Å². The predicted octanol–water partition coefficient (Wildman–Crippen LogP) is 2.50. The maximum Gasteiger partial charge on any atom is 0.341 e. The number of hydrogen-bond donors (Lipinski definition) is 2. The van der Waals surface area contributed by atoms with Crippen LogP contribution in [-0.2, 0) is 16.2 Å². The van der Waals surface area contributed by atoms with Crippen LogP contribution < -0.4 is 10.8 Å². The van der Waals surface area contributed by atoms with Gasteiger partial charge in [-0.1, -0.05) is 0 Å². The van der Waals surface area contributed by atoms with Crippen LogP contribution in [0.3, 0.4) is 0 Å². The summed E-state index contributed by atoms with van der Waals surface area (Å²) in [5.41, 5.74) is 5.16. The third-order valence-electron chi connectivity index (χ3n) is 4.56. The predicted molar refractivity (Wildman–Crippen MR) is 106 cm³/mol. The molecule has 2 aromatic heterocycles. The third-order valence-corrected chi connectivity index (χ3v) is 5.40.